The summed E-state index contributed by atoms with van der Waals surface area (Å²) in [6.45, 7) is -0.647. The number of para-hydroxylation sites is 1. The summed E-state index contributed by atoms with van der Waals surface area (Å²) in [7, 11) is 0. The number of aromatic nitrogens is 2. The van der Waals surface area contributed by atoms with E-state index < -0.39 is 48.8 Å². The van der Waals surface area contributed by atoms with Crippen molar-refractivity contribution < 1.29 is 30.3 Å². The van der Waals surface area contributed by atoms with Crippen LogP contribution in [0.5, 0.6) is 5.88 Å². The van der Waals surface area contributed by atoms with Gasteiger partial charge in [0.15, 0.2) is 6.23 Å². The smallest absolute Gasteiger partial charge is 0.331 e. The molecule has 2 aliphatic rings. The number of aliphatic hydroxyl groups excluding tert-OH is 4. The first kappa shape index (κ1) is 18.6. The number of H-pyrrole nitrogens is 1. The zero-order chi connectivity index (χ0) is 20.0. The molecule has 3 heterocycles. The fourth-order valence-corrected chi connectivity index (χ4v) is 3.40. The normalized spacial score (nSPS) is 30.7. The Bertz CT molecular complexity index is 1010. The average Bonchev–Trinajstić information content (AvgIpc) is 3.22. The molecule has 10 heteroatoms. The molecule has 0 aliphatic carbocycles. The third-order valence-corrected chi connectivity index (χ3v) is 4.91. The van der Waals surface area contributed by atoms with E-state index in [0.29, 0.717) is 5.57 Å². The molecule has 0 bridgehead atoms. The standard InChI is InChI=1S/C18H19N3O7/c22-7-12-13(23)14(24)15(25)17(28-12)21-16(26)11(20-18(21)27)5-8-6-19-10-4-2-1-3-9(8)10/h1-6,12-15,17,22-26H,7H2,(H,20,27)/b8-5-/t12-,13+,14+,15-,17-/m1/s1. The van der Waals surface area contributed by atoms with Gasteiger partial charge in [0.25, 0.3) is 0 Å². The Hall–Kier alpha value is -2.76. The first-order valence-electron chi connectivity index (χ1n) is 8.61. The predicted octanol–water partition coefficient (Wildman–Crippen LogP) is -0.889. The maximum Gasteiger partial charge on any atom is 0.331 e. The first-order chi connectivity index (χ1) is 13.4. The number of aromatic hydroxyl groups is 1. The molecule has 0 amide bonds. The molecule has 1 aromatic heterocycles. The molecule has 0 radical (unpaired) electrons. The quantitative estimate of drug-likeness (QED) is 0.397. The molecule has 0 saturated carbocycles. The lowest BCUT2D eigenvalue weighted by Crippen LogP contribution is -2.57. The average molecular weight is 389 g/mol. The lowest BCUT2D eigenvalue weighted by Gasteiger charge is -2.40. The summed E-state index contributed by atoms with van der Waals surface area (Å²) >= 11 is 0. The third kappa shape index (κ3) is 2.87. The fourth-order valence-electron chi connectivity index (χ4n) is 3.40. The van der Waals surface area contributed by atoms with E-state index >= 15 is 0 Å². The van der Waals surface area contributed by atoms with Crippen molar-refractivity contribution in [3.05, 3.63) is 46.0 Å². The van der Waals surface area contributed by atoms with Crippen LogP contribution in [0.3, 0.4) is 0 Å². The molecule has 5 atom stereocenters. The Kier molecular flexibility index (Phi) is 4.65. The van der Waals surface area contributed by atoms with Crippen LogP contribution in [0.2, 0.25) is 0 Å². The van der Waals surface area contributed by atoms with Crippen LogP contribution in [-0.4, -0.2) is 72.3 Å². The zero-order valence-corrected chi connectivity index (χ0v) is 14.5. The predicted molar refractivity (Wildman–Crippen MR) is 98.2 cm³/mol. The van der Waals surface area contributed by atoms with Crippen LogP contribution in [0, 0.1) is 0 Å². The molecule has 1 aromatic carbocycles. The van der Waals surface area contributed by atoms with Crippen LogP contribution in [0.25, 0.3) is 11.6 Å². The van der Waals surface area contributed by atoms with E-state index in [2.05, 4.69) is 9.98 Å². The molecule has 6 N–H and O–H groups in total. The highest BCUT2D eigenvalue weighted by atomic mass is 16.6. The maximum absolute atomic E-state index is 12.4. The number of ether oxygens (including phenoxy) is 1. The number of hydrogen-bond acceptors (Lipinski definition) is 8. The Morgan fingerprint density at radius 3 is 2.68 bits per heavy atom. The van der Waals surface area contributed by atoms with Gasteiger partial charge < -0.3 is 35.3 Å². The number of allylic oxidation sites excluding steroid dienone is 1. The second kappa shape index (κ2) is 7.00. The van der Waals surface area contributed by atoms with E-state index in [1.807, 2.05) is 24.3 Å². The number of hydrogen-bond donors (Lipinski definition) is 6. The highest BCUT2D eigenvalue weighted by Gasteiger charge is 2.45. The van der Waals surface area contributed by atoms with Crippen molar-refractivity contribution >= 4 is 23.6 Å². The van der Waals surface area contributed by atoms with E-state index in [1.165, 1.54) is 6.08 Å². The molecular weight excluding hydrogens is 370 g/mol. The minimum absolute atomic E-state index is 0.0557. The van der Waals surface area contributed by atoms with Crippen LogP contribution >= 0.6 is 0 Å². The number of aromatic amines is 1. The van der Waals surface area contributed by atoms with Gasteiger partial charge in [-0.3, -0.25) is 4.99 Å². The van der Waals surface area contributed by atoms with Crippen LogP contribution < -0.4 is 5.69 Å². The van der Waals surface area contributed by atoms with Gasteiger partial charge in [-0.25, -0.2) is 9.36 Å². The second-order valence-corrected chi connectivity index (χ2v) is 6.63. The summed E-state index contributed by atoms with van der Waals surface area (Å²) in [4.78, 5) is 19.1. The van der Waals surface area contributed by atoms with Crippen molar-refractivity contribution in [1.82, 2.24) is 9.55 Å². The molecule has 1 saturated heterocycles. The first-order valence-corrected chi connectivity index (χ1v) is 8.61. The Balaban J connectivity index is 1.72. The number of fused-ring (bicyclic) bond motifs is 1. The molecular formula is C18H19N3O7. The van der Waals surface area contributed by atoms with Crippen molar-refractivity contribution in [2.45, 2.75) is 30.6 Å². The number of aliphatic imine (C=N–C) groups is 1. The molecule has 4 rings (SSSR count). The van der Waals surface area contributed by atoms with Gasteiger partial charge in [-0.1, -0.05) is 18.2 Å². The molecule has 148 valence electrons. The largest absolute Gasteiger partial charge is 0.493 e. The van der Waals surface area contributed by atoms with Crippen LogP contribution in [0.4, 0.5) is 5.69 Å². The second-order valence-electron chi connectivity index (χ2n) is 6.63. The minimum atomic E-state index is -1.70. The van der Waals surface area contributed by atoms with Crippen molar-refractivity contribution in [2.24, 2.45) is 4.99 Å². The topological polar surface area (TPSA) is 161 Å². The summed E-state index contributed by atoms with van der Waals surface area (Å²) in [5.74, 6) is -0.528. The van der Waals surface area contributed by atoms with E-state index in [9.17, 15) is 30.3 Å². The SMILES string of the molecule is O=c1[nH]c(/C=C2/C=Nc3ccccc32)c(O)n1[C@@H]1O[C@H](CO)[C@H](O)[C@H](O)[C@H]1O. The van der Waals surface area contributed by atoms with Crippen molar-refractivity contribution in [3.63, 3.8) is 0 Å². The number of rotatable bonds is 3. The molecule has 2 aliphatic heterocycles. The highest BCUT2D eigenvalue weighted by Crippen LogP contribution is 2.35. The van der Waals surface area contributed by atoms with Crippen LogP contribution in [0.1, 0.15) is 17.5 Å². The summed E-state index contributed by atoms with van der Waals surface area (Å²) < 4.78 is 6.07. The Morgan fingerprint density at radius 2 is 1.93 bits per heavy atom. The number of benzene rings is 1. The molecule has 0 unspecified atom stereocenters. The molecule has 1 fully saturated rings. The summed E-state index contributed by atoms with van der Waals surface area (Å²) in [5.41, 5.74) is 1.50. The van der Waals surface area contributed by atoms with Gasteiger partial charge in [0.1, 0.15) is 30.1 Å². The Morgan fingerprint density at radius 1 is 1.18 bits per heavy atom. The minimum Gasteiger partial charge on any atom is -0.493 e. The number of nitrogens with one attached hydrogen (secondary N) is 1. The lowest BCUT2D eigenvalue weighted by atomic mass is 9.98. The summed E-state index contributed by atoms with van der Waals surface area (Å²) in [6, 6.07) is 7.35. The van der Waals surface area contributed by atoms with Gasteiger partial charge in [0, 0.05) is 17.4 Å². The van der Waals surface area contributed by atoms with Gasteiger partial charge in [-0.05, 0) is 12.1 Å². The Labute approximate surface area is 158 Å². The number of aliphatic hydroxyl groups is 4. The highest BCUT2D eigenvalue weighted by molar-refractivity contribution is 6.21. The van der Waals surface area contributed by atoms with E-state index in [4.69, 9.17) is 4.74 Å². The molecule has 0 spiro atoms. The number of imidazole rings is 1. The van der Waals surface area contributed by atoms with E-state index in [0.717, 1.165) is 15.8 Å². The van der Waals surface area contributed by atoms with Gasteiger partial charge in [-0.15, -0.1) is 0 Å². The van der Waals surface area contributed by atoms with Crippen LogP contribution in [0.15, 0.2) is 34.1 Å². The zero-order valence-electron chi connectivity index (χ0n) is 14.5. The monoisotopic (exact) mass is 389 g/mol. The van der Waals surface area contributed by atoms with Crippen molar-refractivity contribution in [3.8, 4) is 5.88 Å². The van der Waals surface area contributed by atoms with Gasteiger partial charge >= 0.3 is 5.69 Å². The summed E-state index contributed by atoms with van der Waals surface area (Å²) in [5, 5.41) is 49.9. The molecule has 2 aromatic rings. The van der Waals surface area contributed by atoms with E-state index in [1.54, 1.807) is 6.21 Å². The van der Waals surface area contributed by atoms with E-state index in [-0.39, 0.29) is 5.69 Å². The van der Waals surface area contributed by atoms with Gasteiger partial charge in [-0.2, -0.15) is 0 Å². The lowest BCUT2D eigenvalue weighted by molar-refractivity contribution is -0.252. The van der Waals surface area contributed by atoms with Crippen molar-refractivity contribution in [1.29, 1.82) is 0 Å². The van der Waals surface area contributed by atoms with Crippen molar-refractivity contribution in [2.75, 3.05) is 6.61 Å². The molecule has 28 heavy (non-hydrogen) atoms. The summed E-state index contributed by atoms with van der Waals surface area (Å²) in [6.07, 6.45) is -4.54. The van der Waals surface area contributed by atoms with Gasteiger partial charge in [0.2, 0.25) is 5.88 Å². The fraction of sp³-hybridized carbons (Fsp3) is 0.333. The van der Waals surface area contributed by atoms with Gasteiger partial charge in [0.05, 0.1) is 12.3 Å². The maximum atomic E-state index is 12.4. The van der Waals surface area contributed by atoms with Crippen LogP contribution in [-0.2, 0) is 4.74 Å². The third-order valence-electron chi connectivity index (χ3n) is 4.91. The number of nitrogens with zero attached hydrogens (tertiary/aromatic N) is 2. The molecule has 10 nitrogen and oxygen atoms in total.